The Balaban J connectivity index is 0.000000424. The van der Waals surface area contributed by atoms with Gasteiger partial charge in [-0.15, -0.1) is 0 Å². The highest BCUT2D eigenvalue weighted by molar-refractivity contribution is 6.31. The number of carbonyl (C=O) groups is 4. The maximum absolute atomic E-state index is 10.7. The lowest BCUT2D eigenvalue weighted by Gasteiger charge is -2.10. The SMILES string of the molecule is CCN1CCCC1=O.CCN1CCCC1=O.CCN1CCCC1=O.CCN1CCCC1=O.C[SiH2]C. The van der Waals surface area contributed by atoms with Crippen LogP contribution in [-0.2, 0) is 19.2 Å². The van der Waals surface area contributed by atoms with Crippen molar-refractivity contribution >= 4 is 33.1 Å². The zero-order valence-electron chi connectivity index (χ0n) is 23.4. The molecule has 4 fully saturated rings. The smallest absolute Gasteiger partial charge is 0.222 e. The molecule has 4 heterocycles. The highest BCUT2D eigenvalue weighted by Gasteiger charge is 2.19. The van der Waals surface area contributed by atoms with E-state index >= 15 is 0 Å². The van der Waals surface area contributed by atoms with Gasteiger partial charge in [-0.1, -0.05) is 13.1 Å². The van der Waals surface area contributed by atoms with Gasteiger partial charge < -0.3 is 19.6 Å². The minimum atomic E-state index is 0.326. The topological polar surface area (TPSA) is 81.2 Å². The molecule has 4 aliphatic heterocycles. The van der Waals surface area contributed by atoms with Gasteiger partial charge >= 0.3 is 0 Å². The van der Waals surface area contributed by atoms with Gasteiger partial charge in [-0.05, 0) is 53.4 Å². The van der Waals surface area contributed by atoms with Crippen LogP contribution in [0.2, 0.25) is 13.1 Å². The van der Waals surface area contributed by atoms with Crippen LogP contribution in [0, 0.1) is 0 Å². The molecule has 0 N–H and O–H groups in total. The third-order valence-electron chi connectivity index (χ3n) is 6.21. The zero-order valence-corrected chi connectivity index (χ0v) is 24.9. The van der Waals surface area contributed by atoms with Crippen molar-refractivity contribution in [1.82, 2.24) is 19.6 Å². The van der Waals surface area contributed by atoms with Gasteiger partial charge in [0, 0.05) is 87.6 Å². The molecular weight excluding hydrogens is 460 g/mol. The van der Waals surface area contributed by atoms with E-state index < -0.39 is 0 Å². The van der Waals surface area contributed by atoms with Crippen LogP contribution in [-0.4, -0.2) is 105 Å². The van der Waals surface area contributed by atoms with Gasteiger partial charge in [0.25, 0.3) is 0 Å². The fraction of sp³-hybridized carbons (Fsp3) is 0.846. The Hall–Kier alpha value is -1.90. The summed E-state index contributed by atoms with van der Waals surface area (Å²) in [6.07, 6.45) is 7.34. The van der Waals surface area contributed by atoms with Crippen molar-refractivity contribution in [3.8, 4) is 0 Å². The third kappa shape index (κ3) is 13.7. The van der Waals surface area contributed by atoms with E-state index in [9.17, 15) is 19.2 Å². The largest absolute Gasteiger partial charge is 0.343 e. The van der Waals surface area contributed by atoms with Gasteiger partial charge in [-0.3, -0.25) is 19.2 Å². The highest BCUT2D eigenvalue weighted by atomic mass is 28.2. The van der Waals surface area contributed by atoms with Gasteiger partial charge in [0.1, 0.15) is 0 Å². The lowest BCUT2D eigenvalue weighted by atomic mass is 10.4. The fourth-order valence-corrected chi connectivity index (χ4v) is 4.15. The van der Waals surface area contributed by atoms with E-state index in [0.717, 1.165) is 104 Å². The summed E-state index contributed by atoms with van der Waals surface area (Å²) in [6, 6.07) is 0. The van der Waals surface area contributed by atoms with Crippen LogP contribution >= 0.6 is 0 Å². The molecule has 0 aromatic heterocycles. The standard InChI is InChI=1S/4C6H11NO.C2H8Si/c4*1-2-7-5-3-4-6(7)8;1-3-2/h4*2-5H2,1H3;3H2,1-2H3. The molecule has 0 aliphatic carbocycles. The van der Waals surface area contributed by atoms with E-state index in [-0.39, 0.29) is 0 Å². The summed E-state index contributed by atoms with van der Waals surface area (Å²) in [5, 5.41) is 0. The molecule has 8 nitrogen and oxygen atoms in total. The Morgan fingerprint density at radius 3 is 0.714 bits per heavy atom. The lowest BCUT2D eigenvalue weighted by Crippen LogP contribution is -2.23. The predicted octanol–water partition coefficient (Wildman–Crippen LogP) is 2.77. The van der Waals surface area contributed by atoms with Gasteiger partial charge in [0.15, 0.2) is 0 Å². The molecular formula is C26H52N4O4Si. The van der Waals surface area contributed by atoms with E-state index in [1.807, 2.05) is 47.3 Å². The second-order valence-electron chi connectivity index (χ2n) is 9.01. The molecule has 0 radical (unpaired) electrons. The maximum Gasteiger partial charge on any atom is 0.222 e. The number of likely N-dealkylation sites (tertiary alicyclic amines) is 4. The van der Waals surface area contributed by atoms with E-state index in [4.69, 9.17) is 0 Å². The molecule has 4 saturated heterocycles. The summed E-state index contributed by atoms with van der Waals surface area (Å²) < 4.78 is 0. The second kappa shape index (κ2) is 20.3. The normalized spacial score (nSPS) is 18.9. The Morgan fingerprint density at radius 2 is 0.657 bits per heavy atom. The molecule has 0 unspecified atom stereocenters. The number of hydrogen-bond acceptors (Lipinski definition) is 4. The molecule has 4 amide bonds. The Kier molecular flexibility index (Phi) is 19.2. The maximum atomic E-state index is 10.7. The summed E-state index contributed by atoms with van der Waals surface area (Å²) in [6.45, 7) is 20.1. The third-order valence-corrected chi connectivity index (χ3v) is 6.21. The molecule has 9 heteroatoms. The van der Waals surface area contributed by atoms with E-state index in [1.54, 1.807) is 0 Å². The monoisotopic (exact) mass is 512 g/mol. The van der Waals surface area contributed by atoms with Gasteiger partial charge in [-0.25, -0.2) is 0 Å². The lowest BCUT2D eigenvalue weighted by molar-refractivity contribution is -0.128. The molecule has 0 aromatic rings. The first-order valence-electron chi connectivity index (χ1n) is 13.9. The van der Waals surface area contributed by atoms with Crippen molar-refractivity contribution in [2.24, 2.45) is 0 Å². The van der Waals surface area contributed by atoms with Crippen LogP contribution in [0.1, 0.15) is 79.1 Å². The molecule has 4 aliphatic rings. The molecule has 204 valence electrons. The van der Waals surface area contributed by atoms with E-state index in [0.29, 0.717) is 33.1 Å². The molecule has 4 rings (SSSR count). The van der Waals surface area contributed by atoms with Crippen molar-refractivity contribution in [2.75, 3.05) is 52.4 Å². The average Bonchev–Trinajstić information content (AvgIpc) is 3.65. The number of hydrogen-bond donors (Lipinski definition) is 0. The minimum Gasteiger partial charge on any atom is -0.343 e. The van der Waals surface area contributed by atoms with E-state index in [2.05, 4.69) is 13.1 Å². The Morgan fingerprint density at radius 1 is 0.486 bits per heavy atom. The number of carbonyl (C=O) groups excluding carboxylic acids is 4. The summed E-state index contributed by atoms with van der Waals surface area (Å²) in [7, 11) is 0.417. The molecule has 0 aromatic carbocycles. The minimum absolute atomic E-state index is 0.326. The van der Waals surface area contributed by atoms with Gasteiger partial charge in [0.2, 0.25) is 23.6 Å². The summed E-state index contributed by atoms with van der Waals surface area (Å²) in [5.41, 5.74) is 0. The van der Waals surface area contributed by atoms with Gasteiger partial charge in [0.05, 0.1) is 0 Å². The molecule has 0 saturated carbocycles. The van der Waals surface area contributed by atoms with Crippen molar-refractivity contribution in [3.05, 3.63) is 0 Å². The first-order valence-corrected chi connectivity index (χ1v) is 16.7. The van der Waals surface area contributed by atoms with E-state index in [1.165, 1.54) is 0 Å². The second-order valence-corrected chi connectivity index (χ2v) is 10.4. The highest BCUT2D eigenvalue weighted by Crippen LogP contribution is 2.09. The molecule has 0 bridgehead atoms. The number of nitrogens with zero attached hydrogens (tertiary/aromatic N) is 4. The van der Waals surface area contributed by atoms with Crippen LogP contribution in [0.5, 0.6) is 0 Å². The van der Waals surface area contributed by atoms with Crippen molar-refractivity contribution in [1.29, 1.82) is 0 Å². The van der Waals surface area contributed by atoms with Crippen molar-refractivity contribution in [3.63, 3.8) is 0 Å². The van der Waals surface area contributed by atoms with Crippen molar-refractivity contribution in [2.45, 2.75) is 92.2 Å². The van der Waals surface area contributed by atoms with Crippen LogP contribution in [0.15, 0.2) is 0 Å². The Labute approximate surface area is 216 Å². The number of rotatable bonds is 4. The quantitative estimate of drug-likeness (QED) is 0.543. The molecule has 0 atom stereocenters. The predicted molar refractivity (Wildman–Crippen MR) is 146 cm³/mol. The van der Waals surface area contributed by atoms with Gasteiger partial charge in [-0.2, -0.15) is 0 Å². The van der Waals surface area contributed by atoms with Crippen LogP contribution in [0.25, 0.3) is 0 Å². The molecule has 35 heavy (non-hydrogen) atoms. The zero-order chi connectivity index (χ0) is 26.6. The summed E-state index contributed by atoms with van der Waals surface area (Å²) in [5.74, 6) is 1.31. The first kappa shape index (κ1) is 33.1. The van der Waals surface area contributed by atoms with Crippen LogP contribution in [0.3, 0.4) is 0 Å². The fourth-order valence-electron chi connectivity index (χ4n) is 4.15. The van der Waals surface area contributed by atoms with Crippen molar-refractivity contribution < 1.29 is 19.2 Å². The summed E-state index contributed by atoms with van der Waals surface area (Å²) in [4.78, 5) is 50.5. The van der Waals surface area contributed by atoms with Crippen LogP contribution < -0.4 is 0 Å². The average molecular weight is 513 g/mol. The Bertz CT molecular complexity index is 528. The summed E-state index contributed by atoms with van der Waals surface area (Å²) >= 11 is 0. The molecule has 0 spiro atoms. The number of amides is 4. The first-order chi connectivity index (χ1) is 16.8. The van der Waals surface area contributed by atoms with Crippen LogP contribution in [0.4, 0.5) is 0 Å².